The van der Waals surface area contributed by atoms with Crippen LogP contribution in [0.25, 0.3) is 0 Å². The Hall–Kier alpha value is -3.01. The molecule has 3 aromatic rings. The van der Waals surface area contributed by atoms with Crippen molar-refractivity contribution in [3.63, 3.8) is 0 Å². The van der Waals surface area contributed by atoms with Crippen molar-refractivity contribution in [2.24, 2.45) is 0 Å². The van der Waals surface area contributed by atoms with Crippen molar-refractivity contribution in [1.82, 2.24) is 14.9 Å². The Labute approximate surface area is 204 Å². The van der Waals surface area contributed by atoms with Crippen LogP contribution in [0.5, 0.6) is 5.75 Å². The summed E-state index contributed by atoms with van der Waals surface area (Å²) in [5.41, 5.74) is 2.20. The fourth-order valence-corrected chi connectivity index (χ4v) is 4.87. The van der Waals surface area contributed by atoms with E-state index in [-0.39, 0.29) is 17.9 Å². The molecule has 1 aromatic carbocycles. The molecule has 180 valence electrons. The minimum atomic E-state index is -0.309. The van der Waals surface area contributed by atoms with E-state index < -0.39 is 0 Å². The van der Waals surface area contributed by atoms with Crippen LogP contribution in [0.3, 0.4) is 0 Å². The molecule has 2 aromatic heterocycles. The number of carbonyl (C=O) groups is 1. The molecule has 4 rings (SSSR count). The molecule has 0 saturated carbocycles. The molecule has 8 nitrogen and oxygen atoms in total. The first kappa shape index (κ1) is 24.1. The van der Waals surface area contributed by atoms with Crippen LogP contribution < -0.4 is 15.0 Å². The van der Waals surface area contributed by atoms with E-state index in [4.69, 9.17) is 9.84 Å². The third-order valence-corrected chi connectivity index (χ3v) is 7.06. The molecule has 9 heteroatoms. The maximum Gasteiger partial charge on any atom is 0.259 e. The van der Waals surface area contributed by atoms with Gasteiger partial charge >= 0.3 is 0 Å². The summed E-state index contributed by atoms with van der Waals surface area (Å²) in [6, 6.07) is 11.6. The number of amides is 1. The van der Waals surface area contributed by atoms with Gasteiger partial charge in [0.15, 0.2) is 5.13 Å². The number of aromatic nitrogens is 2. The largest absolute Gasteiger partial charge is 0.497 e. The van der Waals surface area contributed by atoms with E-state index in [0.29, 0.717) is 17.2 Å². The quantitative estimate of drug-likeness (QED) is 0.510. The van der Waals surface area contributed by atoms with Crippen molar-refractivity contribution >= 4 is 28.2 Å². The van der Waals surface area contributed by atoms with Gasteiger partial charge in [-0.3, -0.25) is 15.0 Å². The van der Waals surface area contributed by atoms with Crippen molar-refractivity contribution in [2.75, 3.05) is 56.7 Å². The summed E-state index contributed by atoms with van der Waals surface area (Å²) in [5, 5.41) is 14.5. The number of β-amino-alcohol motifs (C(OH)–C–C–N with tert-alkyl or cyclic N) is 1. The van der Waals surface area contributed by atoms with Crippen LogP contribution in [0.4, 0.5) is 10.9 Å². The number of aliphatic hydroxyl groups is 1. The van der Waals surface area contributed by atoms with Crippen molar-refractivity contribution in [2.45, 2.75) is 19.3 Å². The molecular weight excluding hydrogens is 450 g/mol. The van der Waals surface area contributed by atoms with Crippen LogP contribution in [0.15, 0.2) is 48.0 Å². The molecule has 1 aliphatic heterocycles. The van der Waals surface area contributed by atoms with Crippen LogP contribution in [0, 0.1) is 0 Å². The first-order valence-electron chi connectivity index (χ1n) is 11.4. The van der Waals surface area contributed by atoms with Crippen molar-refractivity contribution in [1.29, 1.82) is 0 Å². The van der Waals surface area contributed by atoms with Crippen molar-refractivity contribution in [3.05, 3.63) is 64.8 Å². The van der Waals surface area contributed by atoms with Gasteiger partial charge in [0, 0.05) is 49.7 Å². The lowest BCUT2D eigenvalue weighted by Crippen LogP contribution is -2.47. The number of hydrogen-bond acceptors (Lipinski definition) is 8. The number of ether oxygens (including phenoxy) is 1. The van der Waals surface area contributed by atoms with Crippen molar-refractivity contribution in [3.8, 4) is 5.75 Å². The number of anilines is 2. The van der Waals surface area contributed by atoms with E-state index in [1.807, 2.05) is 35.7 Å². The zero-order valence-electron chi connectivity index (χ0n) is 19.8. The standard InChI is InChI=1S/C25H31N5O3S/c1-25(2,19-5-7-20(33-3)8-6-19)21-17-34-24(27-21)28-23(32)18-4-9-22(26-16-18)30-12-10-29(11-13-30)14-15-31/h4-9,16-17,31H,10-15H2,1-3H3,(H,27,28,32). The van der Waals surface area contributed by atoms with Crippen LogP contribution in [-0.2, 0) is 5.41 Å². The molecule has 1 amide bonds. The topological polar surface area (TPSA) is 90.8 Å². The van der Waals surface area contributed by atoms with E-state index in [0.717, 1.165) is 49.0 Å². The molecule has 3 heterocycles. The van der Waals surface area contributed by atoms with Crippen molar-refractivity contribution < 1.29 is 14.6 Å². The number of piperazine rings is 1. The second-order valence-electron chi connectivity index (χ2n) is 8.80. The number of carbonyl (C=O) groups excluding carboxylic acids is 1. The van der Waals surface area contributed by atoms with E-state index in [9.17, 15) is 4.79 Å². The molecule has 0 aliphatic carbocycles. The molecule has 0 unspecified atom stereocenters. The van der Waals surface area contributed by atoms with E-state index in [1.54, 1.807) is 19.4 Å². The number of pyridine rings is 1. The molecule has 0 spiro atoms. The molecule has 1 fully saturated rings. The van der Waals surface area contributed by atoms with Crippen LogP contribution in [-0.4, -0.2) is 72.3 Å². The van der Waals surface area contributed by atoms with Gasteiger partial charge in [-0.1, -0.05) is 26.0 Å². The molecule has 2 N–H and O–H groups in total. The fraction of sp³-hybridized carbons (Fsp3) is 0.400. The lowest BCUT2D eigenvalue weighted by molar-refractivity contribution is 0.102. The average Bonchev–Trinajstić information content (AvgIpc) is 3.34. The van der Waals surface area contributed by atoms with Crippen LogP contribution in [0.2, 0.25) is 0 Å². The van der Waals surface area contributed by atoms with E-state index in [2.05, 4.69) is 38.9 Å². The molecule has 0 atom stereocenters. The highest BCUT2D eigenvalue weighted by molar-refractivity contribution is 7.14. The van der Waals surface area contributed by atoms with Gasteiger partial charge in [-0.2, -0.15) is 0 Å². The SMILES string of the molecule is COc1ccc(C(C)(C)c2csc(NC(=O)c3ccc(N4CCN(CCO)CC4)nc3)n2)cc1. The monoisotopic (exact) mass is 481 g/mol. The maximum atomic E-state index is 12.8. The zero-order chi connectivity index (χ0) is 24.1. The number of benzene rings is 1. The smallest absolute Gasteiger partial charge is 0.259 e. The first-order valence-corrected chi connectivity index (χ1v) is 12.2. The highest BCUT2D eigenvalue weighted by Crippen LogP contribution is 2.34. The van der Waals surface area contributed by atoms with Gasteiger partial charge in [-0.25, -0.2) is 9.97 Å². The summed E-state index contributed by atoms with van der Waals surface area (Å²) in [7, 11) is 1.65. The van der Waals surface area contributed by atoms with Gasteiger partial charge in [0.25, 0.3) is 5.91 Å². The maximum absolute atomic E-state index is 12.8. The number of methoxy groups -OCH3 is 1. The van der Waals surface area contributed by atoms with E-state index in [1.165, 1.54) is 11.3 Å². The molecule has 34 heavy (non-hydrogen) atoms. The van der Waals surface area contributed by atoms with E-state index >= 15 is 0 Å². The Morgan fingerprint density at radius 3 is 2.50 bits per heavy atom. The Balaban J connectivity index is 1.38. The third-order valence-electron chi connectivity index (χ3n) is 6.30. The summed E-state index contributed by atoms with van der Waals surface area (Å²) in [6.07, 6.45) is 1.61. The average molecular weight is 482 g/mol. The summed E-state index contributed by atoms with van der Waals surface area (Å²) < 4.78 is 5.25. The predicted molar refractivity (Wildman–Crippen MR) is 135 cm³/mol. The normalized spacial score (nSPS) is 14.8. The summed E-state index contributed by atoms with van der Waals surface area (Å²) in [6.45, 7) is 8.60. The lowest BCUT2D eigenvalue weighted by atomic mass is 9.82. The van der Waals surface area contributed by atoms with Gasteiger partial charge in [0.2, 0.25) is 0 Å². The Kier molecular flexibility index (Phi) is 7.45. The number of hydrogen-bond donors (Lipinski definition) is 2. The molecule has 0 bridgehead atoms. The minimum absolute atomic E-state index is 0.182. The highest BCUT2D eigenvalue weighted by atomic mass is 32.1. The Bertz CT molecular complexity index is 1090. The second kappa shape index (κ2) is 10.5. The number of nitrogens with zero attached hydrogens (tertiary/aromatic N) is 4. The lowest BCUT2D eigenvalue weighted by Gasteiger charge is -2.35. The predicted octanol–water partition coefficient (Wildman–Crippen LogP) is 3.24. The summed E-state index contributed by atoms with van der Waals surface area (Å²) >= 11 is 1.41. The van der Waals surface area contributed by atoms with Gasteiger partial charge in [0.1, 0.15) is 11.6 Å². The summed E-state index contributed by atoms with van der Waals surface area (Å²) in [5.74, 6) is 1.45. The van der Waals surface area contributed by atoms with Gasteiger partial charge < -0.3 is 14.7 Å². The number of nitrogens with one attached hydrogen (secondary N) is 1. The zero-order valence-corrected chi connectivity index (χ0v) is 20.6. The van der Waals surface area contributed by atoms with Crippen LogP contribution >= 0.6 is 11.3 Å². The van der Waals surface area contributed by atoms with Gasteiger partial charge in [-0.15, -0.1) is 11.3 Å². The second-order valence-corrected chi connectivity index (χ2v) is 9.66. The summed E-state index contributed by atoms with van der Waals surface area (Å²) in [4.78, 5) is 26.4. The molecular formula is C25H31N5O3S. The number of thiazole rings is 1. The number of rotatable bonds is 8. The van der Waals surface area contributed by atoms with Gasteiger partial charge in [-0.05, 0) is 29.8 Å². The van der Waals surface area contributed by atoms with Gasteiger partial charge in [0.05, 0.1) is 25.0 Å². The highest BCUT2D eigenvalue weighted by Gasteiger charge is 2.26. The minimum Gasteiger partial charge on any atom is -0.497 e. The molecule has 1 saturated heterocycles. The third kappa shape index (κ3) is 5.38. The molecule has 1 aliphatic rings. The Morgan fingerprint density at radius 1 is 1.15 bits per heavy atom. The van der Waals surface area contributed by atoms with Crippen LogP contribution in [0.1, 0.15) is 35.5 Å². The first-order chi connectivity index (χ1) is 16.4. The number of aliphatic hydroxyl groups excluding tert-OH is 1. The molecule has 0 radical (unpaired) electrons. The Morgan fingerprint density at radius 2 is 1.88 bits per heavy atom. The fourth-order valence-electron chi connectivity index (χ4n) is 3.99.